The number of nitrogens with zero attached hydrogens (tertiary/aromatic N) is 2. The van der Waals surface area contributed by atoms with Crippen molar-refractivity contribution in [3.05, 3.63) is 62.7 Å². The van der Waals surface area contributed by atoms with Gasteiger partial charge in [-0.2, -0.15) is 0 Å². The largest absolute Gasteiger partial charge is 0.477 e. The second-order valence-corrected chi connectivity index (χ2v) is 11.1. The van der Waals surface area contributed by atoms with Crippen molar-refractivity contribution in [2.45, 2.75) is 36.1 Å². The van der Waals surface area contributed by atoms with Crippen LogP contribution in [-0.4, -0.2) is 40.4 Å². The first-order chi connectivity index (χ1) is 16.0. The maximum atomic E-state index is 6.20. The highest BCUT2D eigenvalue weighted by Gasteiger charge is 2.29. The summed E-state index contributed by atoms with van der Waals surface area (Å²) in [4.78, 5) is 7.23. The molecular weight excluding hydrogens is 515 g/mol. The predicted octanol–water partition coefficient (Wildman–Crippen LogP) is 6.45. The third-order valence-corrected chi connectivity index (χ3v) is 8.35. The number of hydrogen-bond donors (Lipinski definition) is 0. The standard InChI is InChI=1S/C25H26BBrN2O2S2/c1-15-8-22(32-2)24(29-12-17-10-19(27)5-7-21(17)31-14-29)25(33-3)23(15)28-11-16-9-18(26)4-6-20(16)30-13-28/h5,7-10H,4,6,11-14H2,1-3H3. The molecule has 1 aliphatic carbocycles. The van der Waals surface area contributed by atoms with Crippen LogP contribution < -0.4 is 14.5 Å². The minimum Gasteiger partial charge on any atom is -0.477 e. The first kappa shape index (κ1) is 23.1. The molecule has 0 N–H and O–H groups in total. The molecular formula is C25H26BBrN2O2S2. The van der Waals surface area contributed by atoms with E-state index in [2.05, 4.69) is 63.4 Å². The third-order valence-electron chi connectivity index (χ3n) is 6.32. The number of rotatable bonds is 4. The van der Waals surface area contributed by atoms with Crippen molar-refractivity contribution in [3.63, 3.8) is 0 Å². The Balaban J connectivity index is 1.56. The number of ether oxygens (including phenoxy) is 2. The Hall–Kier alpha value is -1.64. The second kappa shape index (κ2) is 9.55. The number of halogens is 1. The Morgan fingerprint density at radius 1 is 0.970 bits per heavy atom. The highest BCUT2D eigenvalue weighted by atomic mass is 79.9. The SMILES string of the molecule is [B]C1=CC2=C(CC1)OCN(c1c(C)cc(SC)c(N3COc4ccc(Br)cc4C3)c1SC)C2. The molecule has 0 fully saturated rings. The molecule has 0 unspecified atom stereocenters. The molecule has 5 rings (SSSR count). The highest BCUT2D eigenvalue weighted by molar-refractivity contribution is 9.10. The summed E-state index contributed by atoms with van der Waals surface area (Å²) in [7, 11) is 6.14. The van der Waals surface area contributed by atoms with E-state index in [1.165, 1.54) is 37.9 Å². The third kappa shape index (κ3) is 4.42. The molecule has 2 aromatic rings. The number of aryl methyl sites for hydroxylation is 1. The molecule has 0 amide bonds. The van der Waals surface area contributed by atoms with E-state index >= 15 is 0 Å². The van der Waals surface area contributed by atoms with E-state index < -0.39 is 0 Å². The normalized spacial score (nSPS) is 17.8. The van der Waals surface area contributed by atoms with Crippen molar-refractivity contribution < 1.29 is 9.47 Å². The van der Waals surface area contributed by atoms with Crippen LogP contribution in [0.25, 0.3) is 0 Å². The summed E-state index contributed by atoms with van der Waals surface area (Å²) < 4.78 is 13.4. The van der Waals surface area contributed by atoms with Crippen LogP contribution in [0, 0.1) is 6.92 Å². The summed E-state index contributed by atoms with van der Waals surface area (Å²) in [6.07, 6.45) is 8.19. The molecule has 3 aliphatic rings. The summed E-state index contributed by atoms with van der Waals surface area (Å²) in [6, 6.07) is 8.54. The van der Waals surface area contributed by atoms with E-state index in [9.17, 15) is 0 Å². The maximum absolute atomic E-state index is 6.20. The van der Waals surface area contributed by atoms with Gasteiger partial charge in [-0.05, 0) is 55.7 Å². The number of fused-ring (bicyclic) bond motifs is 1. The van der Waals surface area contributed by atoms with Crippen LogP contribution in [0.4, 0.5) is 11.4 Å². The molecule has 0 saturated heterocycles. The van der Waals surface area contributed by atoms with E-state index in [0.29, 0.717) is 13.5 Å². The zero-order valence-corrected chi connectivity index (χ0v) is 22.3. The van der Waals surface area contributed by atoms with Gasteiger partial charge < -0.3 is 19.3 Å². The van der Waals surface area contributed by atoms with Crippen LogP contribution in [0.5, 0.6) is 5.75 Å². The van der Waals surface area contributed by atoms with Crippen molar-refractivity contribution in [2.75, 3.05) is 42.3 Å². The van der Waals surface area contributed by atoms with Crippen molar-refractivity contribution in [2.24, 2.45) is 0 Å². The highest BCUT2D eigenvalue weighted by Crippen LogP contribution is 2.48. The fourth-order valence-corrected chi connectivity index (χ4v) is 6.88. The molecule has 2 radical (unpaired) electrons. The number of benzene rings is 2. The molecule has 2 aliphatic heterocycles. The summed E-state index contributed by atoms with van der Waals surface area (Å²) >= 11 is 7.19. The number of allylic oxidation sites excluding steroid dienone is 2. The van der Waals surface area contributed by atoms with Crippen LogP contribution in [0.3, 0.4) is 0 Å². The van der Waals surface area contributed by atoms with Crippen LogP contribution in [0.1, 0.15) is 24.0 Å². The molecule has 0 aromatic heterocycles. The quantitative estimate of drug-likeness (QED) is 0.326. The molecule has 2 heterocycles. The average Bonchev–Trinajstić information content (AvgIpc) is 2.82. The number of hydrogen-bond acceptors (Lipinski definition) is 6. The fourth-order valence-electron chi connectivity index (χ4n) is 4.78. The lowest BCUT2D eigenvalue weighted by Crippen LogP contribution is -2.36. The van der Waals surface area contributed by atoms with Gasteiger partial charge in [0.1, 0.15) is 19.4 Å². The van der Waals surface area contributed by atoms with Crippen LogP contribution >= 0.6 is 39.5 Å². The van der Waals surface area contributed by atoms with Gasteiger partial charge >= 0.3 is 0 Å². The van der Waals surface area contributed by atoms with E-state index in [1.54, 1.807) is 23.5 Å². The Labute approximate surface area is 214 Å². The Morgan fingerprint density at radius 2 is 1.76 bits per heavy atom. The average molecular weight is 541 g/mol. The van der Waals surface area contributed by atoms with Gasteiger partial charge in [0.2, 0.25) is 0 Å². The van der Waals surface area contributed by atoms with Gasteiger partial charge in [-0.3, -0.25) is 0 Å². The molecule has 0 saturated carbocycles. The van der Waals surface area contributed by atoms with Crippen molar-refractivity contribution >= 4 is 58.7 Å². The topological polar surface area (TPSA) is 24.9 Å². The second-order valence-electron chi connectivity index (χ2n) is 8.49. The zero-order valence-electron chi connectivity index (χ0n) is 19.1. The fraction of sp³-hybridized carbons (Fsp3) is 0.360. The summed E-state index contributed by atoms with van der Waals surface area (Å²) in [5.41, 5.74) is 7.06. The van der Waals surface area contributed by atoms with Gasteiger partial charge in [0.05, 0.1) is 16.3 Å². The first-order valence-electron chi connectivity index (χ1n) is 11.0. The van der Waals surface area contributed by atoms with Gasteiger partial charge in [0.25, 0.3) is 0 Å². The van der Waals surface area contributed by atoms with Crippen molar-refractivity contribution in [3.8, 4) is 5.75 Å². The minimum absolute atomic E-state index is 0.531. The Kier molecular flexibility index (Phi) is 6.69. The van der Waals surface area contributed by atoms with Crippen molar-refractivity contribution in [1.82, 2.24) is 0 Å². The Morgan fingerprint density at radius 3 is 2.55 bits per heavy atom. The van der Waals surface area contributed by atoms with Gasteiger partial charge in [-0.1, -0.05) is 22.0 Å². The van der Waals surface area contributed by atoms with Crippen LogP contribution in [0.15, 0.2) is 61.4 Å². The molecule has 2 aromatic carbocycles. The lowest BCUT2D eigenvalue weighted by Gasteiger charge is -2.38. The summed E-state index contributed by atoms with van der Waals surface area (Å²) in [5, 5.41) is 0. The molecule has 33 heavy (non-hydrogen) atoms. The Bertz CT molecular complexity index is 1170. The van der Waals surface area contributed by atoms with E-state index in [1.807, 2.05) is 12.1 Å². The molecule has 0 bridgehead atoms. The van der Waals surface area contributed by atoms with Crippen LogP contribution in [0.2, 0.25) is 0 Å². The van der Waals surface area contributed by atoms with E-state index in [4.69, 9.17) is 17.3 Å². The lowest BCUT2D eigenvalue weighted by atomic mass is 9.84. The predicted molar refractivity (Wildman–Crippen MR) is 144 cm³/mol. The zero-order chi connectivity index (χ0) is 23.1. The minimum atomic E-state index is 0.531. The molecule has 0 atom stereocenters. The lowest BCUT2D eigenvalue weighted by molar-refractivity contribution is 0.184. The molecule has 8 heteroatoms. The van der Waals surface area contributed by atoms with Gasteiger partial charge in [0.15, 0.2) is 13.5 Å². The van der Waals surface area contributed by atoms with Gasteiger partial charge in [-0.15, -0.1) is 29.0 Å². The number of thioether (sulfide) groups is 2. The number of anilines is 2. The molecule has 170 valence electrons. The molecule has 4 nitrogen and oxygen atoms in total. The maximum Gasteiger partial charge on any atom is 0.161 e. The van der Waals surface area contributed by atoms with E-state index in [0.717, 1.165) is 47.4 Å². The van der Waals surface area contributed by atoms with Crippen LogP contribution in [-0.2, 0) is 11.3 Å². The summed E-state index contributed by atoms with van der Waals surface area (Å²) in [6.45, 7) is 4.92. The monoisotopic (exact) mass is 540 g/mol. The smallest absolute Gasteiger partial charge is 0.161 e. The van der Waals surface area contributed by atoms with Gasteiger partial charge in [0, 0.05) is 40.0 Å². The van der Waals surface area contributed by atoms with Crippen molar-refractivity contribution in [1.29, 1.82) is 0 Å². The first-order valence-corrected chi connectivity index (χ1v) is 14.2. The van der Waals surface area contributed by atoms with Gasteiger partial charge in [-0.25, -0.2) is 0 Å². The molecule has 0 spiro atoms. The van der Waals surface area contributed by atoms with E-state index in [-0.39, 0.29) is 0 Å². The summed E-state index contributed by atoms with van der Waals surface area (Å²) in [5.74, 6) is 2.06.